The molecule has 4 aliphatic rings. The van der Waals surface area contributed by atoms with Crippen molar-refractivity contribution in [2.75, 3.05) is 95.4 Å². The highest BCUT2D eigenvalue weighted by Gasteiger charge is 2.33. The summed E-state index contributed by atoms with van der Waals surface area (Å²) in [5.41, 5.74) is -0.602. The van der Waals surface area contributed by atoms with Crippen LogP contribution in [-0.2, 0) is 28.5 Å². The summed E-state index contributed by atoms with van der Waals surface area (Å²) < 4.78 is 111. The number of ether oxygens (including phenoxy) is 8. The van der Waals surface area contributed by atoms with Crippen LogP contribution in [0.25, 0.3) is 44.3 Å². The summed E-state index contributed by atoms with van der Waals surface area (Å²) in [4.78, 5) is 52.4. The average molecular weight is 1130 g/mol. The van der Waals surface area contributed by atoms with Crippen molar-refractivity contribution in [3.8, 4) is 45.5 Å². The van der Waals surface area contributed by atoms with Gasteiger partial charge < -0.3 is 69.8 Å². The molecule has 4 aliphatic heterocycles. The fourth-order valence-electron chi connectivity index (χ4n) is 10.1. The molecule has 4 aromatic heterocycles. The molecule has 26 heteroatoms. The summed E-state index contributed by atoms with van der Waals surface area (Å²) in [5, 5.41) is 19.7. The Labute approximate surface area is 462 Å². The van der Waals surface area contributed by atoms with Crippen molar-refractivity contribution in [2.24, 2.45) is 0 Å². The first kappa shape index (κ1) is 56.1. The van der Waals surface area contributed by atoms with Gasteiger partial charge in [0, 0.05) is 61.7 Å². The molecule has 6 aromatic rings. The van der Waals surface area contributed by atoms with Crippen LogP contribution in [0.3, 0.4) is 0 Å². The normalized spacial score (nSPS) is 21.7. The highest BCUT2D eigenvalue weighted by Crippen LogP contribution is 2.41. The lowest BCUT2D eigenvalue weighted by molar-refractivity contribution is -0.118. The van der Waals surface area contributed by atoms with Gasteiger partial charge in [-0.2, -0.15) is 0 Å². The van der Waals surface area contributed by atoms with Crippen molar-refractivity contribution in [2.45, 2.75) is 74.5 Å². The Kier molecular flexibility index (Phi) is 17.4. The molecule has 0 bridgehead atoms. The zero-order chi connectivity index (χ0) is 56.7. The molecule has 7 atom stereocenters. The number of rotatable bonds is 21. The number of hydrogen-bond acceptors (Lipinski definition) is 20. The minimum Gasteiger partial charge on any atom is -0.494 e. The summed E-state index contributed by atoms with van der Waals surface area (Å²) >= 11 is 0. The van der Waals surface area contributed by atoms with Crippen molar-refractivity contribution in [3.63, 3.8) is 0 Å². The molecule has 2 aromatic carbocycles. The molecule has 81 heavy (non-hydrogen) atoms. The van der Waals surface area contributed by atoms with Gasteiger partial charge in [0.2, 0.25) is 23.7 Å². The predicted molar refractivity (Wildman–Crippen MR) is 290 cm³/mol. The predicted octanol–water partition coefficient (Wildman–Crippen LogP) is 6.26. The van der Waals surface area contributed by atoms with Crippen molar-refractivity contribution >= 4 is 57.2 Å². The maximum absolute atomic E-state index is 16.9. The Morgan fingerprint density at radius 2 is 1.07 bits per heavy atom. The number of carbonyl (C=O) groups excluding carboxylic acids is 2. The van der Waals surface area contributed by atoms with Crippen molar-refractivity contribution in [3.05, 3.63) is 85.2 Å². The Balaban J connectivity index is 0.885. The van der Waals surface area contributed by atoms with Gasteiger partial charge in [-0.05, 0) is 56.4 Å². The highest BCUT2D eigenvalue weighted by atomic mass is 19.1. The van der Waals surface area contributed by atoms with Gasteiger partial charge in [-0.1, -0.05) is 13.2 Å². The number of pyridine rings is 2. The van der Waals surface area contributed by atoms with Gasteiger partial charge in [-0.25, -0.2) is 47.5 Å². The first-order valence-corrected chi connectivity index (χ1v) is 26.3. The van der Waals surface area contributed by atoms with Gasteiger partial charge in [0.15, 0.2) is 57.9 Å². The molecule has 6 N–H and O–H groups in total. The molecule has 10 rings (SSSR count). The molecule has 8 heterocycles. The van der Waals surface area contributed by atoms with E-state index in [9.17, 15) is 9.59 Å². The lowest BCUT2D eigenvalue weighted by Crippen LogP contribution is -2.52. The fraction of sp³-hybridized carbons (Fsp3) is 0.418. The minimum absolute atomic E-state index is 0.0956. The standard InChI is InChI=1S/C55H60F4N12O10/c1-6-42(72)64-32-11-14-78-25-36(32)68-54-61-20-27-16-34(44-46(56)38(74-3)18-39(75-4)47(44)57)66-52(50(27)70-54)60-22-30-8-9-31(81-30)24-80-41-19-40(76-5)48(58)45(49(41)59)35-17-28-21-62-55(69-37-26-79-15-12-33(37)65-43(73)7-2)71-51(28)53(67-35)63-29-10-13-77-23-29/h6-7,16-21,29-33,36-37H,1-2,8-15,22-26H2,3-5H3,(H,60,66)(H,63,67)(H,64,72)(H,65,73)(H,61,68,70)(H,62,69,71)/t29?,30?,31?,32-,33-,36+,37+/m0/s1. The highest BCUT2D eigenvalue weighted by molar-refractivity contribution is 5.93. The maximum Gasteiger partial charge on any atom is 0.243 e. The molecule has 0 aliphatic carbocycles. The maximum atomic E-state index is 16.9. The van der Waals surface area contributed by atoms with Crippen LogP contribution < -0.4 is 50.8 Å². The molecule has 3 unspecified atom stereocenters. The Hall–Kier alpha value is -8.20. The SMILES string of the molecule is C=CC(=O)N[C@H]1CCOC[C@H]1Nc1ncc2cc(-c3c(F)c(OC)cc(OC)c3F)nc(NCC3CCC(COc4cc(OC)c(F)c(-c5cc6cnc(N[C@@H]7COCC[C@@H]7NC(=O)C=C)nc6c(NC6CCOC6)n5)c4F)O3)c2n1. The fourth-order valence-corrected chi connectivity index (χ4v) is 10.1. The number of carbonyl (C=O) groups is 2. The molecule has 2 amide bonds. The summed E-state index contributed by atoms with van der Waals surface area (Å²) in [5.74, 6) is -5.20. The van der Waals surface area contributed by atoms with E-state index in [0.29, 0.717) is 74.8 Å². The number of aromatic nitrogens is 6. The molecular weight excluding hydrogens is 1060 g/mol. The lowest BCUT2D eigenvalue weighted by Gasteiger charge is -2.32. The van der Waals surface area contributed by atoms with Crippen LogP contribution in [-0.4, -0.2) is 158 Å². The minimum atomic E-state index is -1.04. The van der Waals surface area contributed by atoms with Gasteiger partial charge in [0.05, 0.1) is 106 Å². The van der Waals surface area contributed by atoms with Gasteiger partial charge >= 0.3 is 0 Å². The number of hydrogen-bond donors (Lipinski definition) is 6. The third-order valence-corrected chi connectivity index (χ3v) is 14.3. The van der Waals surface area contributed by atoms with Crippen LogP contribution in [0.4, 0.5) is 41.1 Å². The van der Waals surface area contributed by atoms with E-state index in [2.05, 4.69) is 60.0 Å². The molecule has 4 fully saturated rings. The van der Waals surface area contributed by atoms with Crippen molar-refractivity contribution in [1.82, 2.24) is 40.5 Å². The summed E-state index contributed by atoms with van der Waals surface area (Å²) in [6.07, 6.45) is 6.99. The quantitative estimate of drug-likeness (QED) is 0.0343. The van der Waals surface area contributed by atoms with Gasteiger partial charge in [-0.3, -0.25) is 9.59 Å². The molecule has 4 saturated heterocycles. The molecule has 428 valence electrons. The van der Waals surface area contributed by atoms with Crippen molar-refractivity contribution in [1.29, 1.82) is 0 Å². The van der Waals surface area contributed by atoms with E-state index in [1.54, 1.807) is 0 Å². The third-order valence-electron chi connectivity index (χ3n) is 14.3. The van der Waals surface area contributed by atoms with Gasteiger partial charge in [-0.15, -0.1) is 0 Å². The number of fused-ring (bicyclic) bond motifs is 2. The second-order valence-corrected chi connectivity index (χ2v) is 19.6. The van der Waals surface area contributed by atoms with E-state index in [0.717, 1.165) is 12.1 Å². The monoisotopic (exact) mass is 1120 g/mol. The molecule has 0 spiro atoms. The van der Waals surface area contributed by atoms with Crippen LogP contribution in [0.1, 0.15) is 32.1 Å². The number of nitrogens with one attached hydrogen (secondary N) is 6. The number of methoxy groups -OCH3 is 3. The first-order chi connectivity index (χ1) is 39.3. The summed E-state index contributed by atoms with van der Waals surface area (Å²) in [6.45, 7) is 9.31. The summed E-state index contributed by atoms with van der Waals surface area (Å²) in [6, 6.07) is 3.51. The third kappa shape index (κ3) is 12.4. The second-order valence-electron chi connectivity index (χ2n) is 19.6. The number of anilines is 4. The number of benzene rings is 2. The van der Waals surface area contributed by atoms with E-state index >= 15 is 17.6 Å². The van der Waals surface area contributed by atoms with Gasteiger partial charge in [0.1, 0.15) is 17.6 Å². The molecule has 0 saturated carbocycles. The van der Waals surface area contributed by atoms with E-state index in [1.807, 2.05) is 0 Å². The number of halogens is 4. The van der Waals surface area contributed by atoms with Crippen LogP contribution in [0.15, 0.2) is 62.0 Å². The van der Waals surface area contributed by atoms with Crippen LogP contribution in [0.5, 0.6) is 23.0 Å². The second kappa shape index (κ2) is 25.1. The first-order valence-electron chi connectivity index (χ1n) is 26.3. The van der Waals surface area contributed by atoms with E-state index in [1.165, 1.54) is 58.0 Å². The van der Waals surface area contributed by atoms with Crippen molar-refractivity contribution < 1.29 is 65.0 Å². The Morgan fingerprint density at radius 3 is 1.59 bits per heavy atom. The zero-order valence-corrected chi connectivity index (χ0v) is 44.5. The summed E-state index contributed by atoms with van der Waals surface area (Å²) in [7, 11) is 3.74. The van der Waals surface area contributed by atoms with E-state index in [4.69, 9.17) is 52.8 Å². The van der Waals surface area contributed by atoms with Gasteiger partial charge in [0.25, 0.3) is 0 Å². The topological polar surface area (TPSA) is 258 Å². The molecule has 22 nitrogen and oxygen atoms in total. The molecule has 0 radical (unpaired) electrons. The zero-order valence-electron chi connectivity index (χ0n) is 44.5. The van der Waals surface area contributed by atoms with E-state index < -0.39 is 52.6 Å². The number of nitrogens with zero attached hydrogens (tertiary/aromatic N) is 6. The largest absolute Gasteiger partial charge is 0.494 e. The average Bonchev–Trinajstić information content (AvgIpc) is 4.24. The smallest absolute Gasteiger partial charge is 0.243 e. The van der Waals surface area contributed by atoms with Crippen LogP contribution in [0.2, 0.25) is 0 Å². The number of amides is 2. The Bertz CT molecular complexity index is 3310. The van der Waals surface area contributed by atoms with Crippen LogP contribution in [0, 0.1) is 23.3 Å². The Morgan fingerprint density at radius 1 is 0.593 bits per heavy atom. The van der Waals surface area contributed by atoms with Crippen LogP contribution >= 0.6 is 0 Å². The lowest BCUT2D eigenvalue weighted by atomic mass is 10.0. The molecular formula is C55H60F4N12O10. The van der Waals surface area contributed by atoms with E-state index in [-0.39, 0.29) is 126 Å².